The first kappa shape index (κ1) is 7.77. The molecule has 0 unspecified atom stereocenters. The Bertz CT molecular complexity index is 369. The van der Waals surface area contributed by atoms with E-state index in [1.54, 1.807) is 0 Å². The van der Waals surface area contributed by atoms with Gasteiger partial charge in [0.25, 0.3) is 0 Å². The van der Waals surface area contributed by atoms with E-state index in [9.17, 15) is 0 Å². The molecule has 0 saturated carbocycles. The molecule has 59 valence electrons. The Morgan fingerprint density at radius 2 is 2.00 bits per heavy atom. The van der Waals surface area contributed by atoms with Crippen molar-refractivity contribution in [2.75, 3.05) is 0 Å². The van der Waals surface area contributed by atoms with E-state index in [0.717, 1.165) is 11.3 Å². The van der Waals surface area contributed by atoms with Crippen LogP contribution >= 0.6 is 22.9 Å². The fourth-order valence-electron chi connectivity index (χ4n) is 0.975. The highest BCUT2D eigenvalue weighted by Crippen LogP contribution is 2.28. The molecule has 1 aromatic carbocycles. The summed E-state index contributed by atoms with van der Waals surface area (Å²) < 4.78 is 0.696. The van der Waals surface area contributed by atoms with Crippen molar-refractivity contribution >= 4 is 22.9 Å². The van der Waals surface area contributed by atoms with Gasteiger partial charge in [-0.1, -0.05) is 53.3 Å². The highest BCUT2D eigenvalue weighted by molar-refractivity contribution is 7.14. The fraction of sp³-hybridized carbons (Fsp3) is 0. The molecule has 1 aromatic heterocycles. The lowest BCUT2D eigenvalue weighted by molar-refractivity contribution is 1.40. The van der Waals surface area contributed by atoms with Gasteiger partial charge in [-0.15, -0.1) is 0 Å². The minimum atomic E-state index is 0.696. The van der Waals surface area contributed by atoms with Gasteiger partial charge in [-0.3, -0.25) is 0 Å². The summed E-state index contributed by atoms with van der Waals surface area (Å²) in [5.74, 6) is 0. The molecule has 1 heterocycles. The zero-order valence-corrected chi connectivity index (χ0v) is 7.69. The Balaban J connectivity index is 2.51. The fourth-order valence-corrected chi connectivity index (χ4v) is 1.71. The van der Waals surface area contributed by atoms with Crippen LogP contribution in [0.25, 0.3) is 11.3 Å². The predicted molar refractivity (Wildman–Crippen MR) is 51.4 cm³/mol. The van der Waals surface area contributed by atoms with Crippen molar-refractivity contribution in [1.29, 1.82) is 0 Å². The number of hydrogen-bond acceptors (Lipinski definition) is 2. The van der Waals surface area contributed by atoms with Gasteiger partial charge in [-0.25, -0.2) is 4.98 Å². The Kier molecular flexibility index (Phi) is 2.11. The van der Waals surface area contributed by atoms with Gasteiger partial charge in [0.2, 0.25) is 0 Å². The van der Waals surface area contributed by atoms with Gasteiger partial charge in [0.15, 0.2) is 5.51 Å². The summed E-state index contributed by atoms with van der Waals surface area (Å²) in [6.07, 6.45) is 0. The third kappa shape index (κ3) is 1.36. The van der Waals surface area contributed by atoms with Crippen molar-refractivity contribution in [3.05, 3.63) is 40.2 Å². The topological polar surface area (TPSA) is 12.9 Å². The summed E-state index contributed by atoms with van der Waals surface area (Å²) >= 11 is 7.23. The van der Waals surface area contributed by atoms with Gasteiger partial charge in [-0.05, 0) is 0 Å². The molecule has 2 rings (SSSR count). The number of benzene rings is 1. The van der Waals surface area contributed by atoms with Gasteiger partial charge < -0.3 is 0 Å². The van der Waals surface area contributed by atoms with E-state index in [-0.39, 0.29) is 0 Å². The van der Waals surface area contributed by atoms with Gasteiger partial charge in [0.1, 0.15) is 10.0 Å². The summed E-state index contributed by atoms with van der Waals surface area (Å²) in [6.45, 7) is 0. The van der Waals surface area contributed by atoms with Crippen LogP contribution in [0.5, 0.6) is 0 Å². The van der Waals surface area contributed by atoms with Gasteiger partial charge in [0, 0.05) is 5.56 Å². The van der Waals surface area contributed by atoms with Crippen molar-refractivity contribution < 1.29 is 0 Å². The smallest absolute Gasteiger partial charge is 0.154 e. The first-order valence-corrected chi connectivity index (χ1v) is 4.65. The minimum absolute atomic E-state index is 0.696. The summed E-state index contributed by atoms with van der Waals surface area (Å²) in [7, 11) is 0. The molecule has 1 nitrogen and oxygen atoms in total. The predicted octanol–water partition coefficient (Wildman–Crippen LogP) is 3.26. The van der Waals surface area contributed by atoms with Gasteiger partial charge >= 0.3 is 0 Å². The van der Waals surface area contributed by atoms with Crippen LogP contribution in [0.2, 0.25) is 4.34 Å². The van der Waals surface area contributed by atoms with E-state index < -0.39 is 0 Å². The summed E-state index contributed by atoms with van der Waals surface area (Å²) in [5.41, 5.74) is 4.62. The van der Waals surface area contributed by atoms with Crippen molar-refractivity contribution in [1.82, 2.24) is 4.98 Å². The lowest BCUT2D eigenvalue weighted by Crippen LogP contribution is -1.75. The second-order valence-corrected chi connectivity index (χ2v) is 3.69. The van der Waals surface area contributed by atoms with Gasteiger partial charge in [0.05, 0.1) is 0 Å². The third-order valence-corrected chi connectivity index (χ3v) is 2.49. The van der Waals surface area contributed by atoms with E-state index in [4.69, 9.17) is 11.6 Å². The van der Waals surface area contributed by atoms with Crippen molar-refractivity contribution in [3.63, 3.8) is 0 Å². The summed E-state index contributed by atoms with van der Waals surface area (Å²) in [5, 5.41) is 0. The lowest BCUT2D eigenvalue weighted by atomic mass is 10.2. The van der Waals surface area contributed by atoms with E-state index in [2.05, 4.69) is 10.5 Å². The second-order valence-electron chi connectivity index (χ2n) is 2.29. The van der Waals surface area contributed by atoms with E-state index in [1.165, 1.54) is 11.3 Å². The molecule has 0 aliphatic rings. The number of aromatic nitrogens is 1. The van der Waals surface area contributed by atoms with E-state index in [1.807, 2.05) is 30.3 Å². The highest BCUT2D eigenvalue weighted by Gasteiger charge is 2.04. The molecular weight excluding hydrogens is 190 g/mol. The van der Waals surface area contributed by atoms with E-state index in [0.29, 0.717) is 4.34 Å². The molecule has 2 aromatic rings. The SMILES string of the molecule is Clc1s[c]nc1-c1ccccc1. The van der Waals surface area contributed by atoms with Crippen LogP contribution in [0.15, 0.2) is 30.3 Å². The van der Waals surface area contributed by atoms with Crippen molar-refractivity contribution in [2.24, 2.45) is 0 Å². The highest BCUT2D eigenvalue weighted by atomic mass is 35.5. The van der Waals surface area contributed by atoms with E-state index >= 15 is 0 Å². The molecule has 0 amide bonds. The Labute approximate surface area is 79.7 Å². The molecule has 1 radical (unpaired) electrons. The first-order chi connectivity index (χ1) is 5.88. The number of nitrogens with zero attached hydrogens (tertiary/aromatic N) is 1. The Morgan fingerprint density at radius 3 is 2.58 bits per heavy atom. The van der Waals surface area contributed by atoms with Gasteiger partial charge in [-0.2, -0.15) is 0 Å². The average molecular weight is 195 g/mol. The summed E-state index contributed by atoms with van der Waals surface area (Å²) in [4.78, 5) is 4.05. The summed E-state index contributed by atoms with van der Waals surface area (Å²) in [6, 6.07) is 9.85. The number of halogens is 1. The molecule has 0 N–H and O–H groups in total. The first-order valence-electron chi connectivity index (χ1n) is 3.46. The van der Waals surface area contributed by atoms with Crippen LogP contribution in [0.1, 0.15) is 0 Å². The maximum Gasteiger partial charge on any atom is 0.154 e. The molecular formula is C9H5ClNS. The molecule has 0 fully saturated rings. The van der Waals surface area contributed by atoms with Crippen LogP contribution in [0.4, 0.5) is 0 Å². The molecule has 0 bridgehead atoms. The molecule has 3 heteroatoms. The molecule has 0 aliphatic carbocycles. The molecule has 0 aliphatic heterocycles. The zero-order chi connectivity index (χ0) is 8.39. The second kappa shape index (κ2) is 3.25. The Hall–Kier alpha value is -0.860. The molecule has 0 atom stereocenters. The average Bonchev–Trinajstić information content (AvgIpc) is 2.53. The molecule has 0 spiro atoms. The number of rotatable bonds is 1. The van der Waals surface area contributed by atoms with Crippen LogP contribution in [0.3, 0.4) is 0 Å². The standard InChI is InChI=1S/C9H5ClNS/c10-9-8(11-6-12-9)7-4-2-1-3-5-7/h1-5H. The normalized spacial score (nSPS) is 10.1. The zero-order valence-electron chi connectivity index (χ0n) is 6.12. The monoisotopic (exact) mass is 194 g/mol. The maximum absolute atomic E-state index is 5.90. The number of hydrogen-bond donors (Lipinski definition) is 0. The minimum Gasteiger partial charge on any atom is -0.232 e. The number of thiazole rings is 1. The molecule has 12 heavy (non-hydrogen) atoms. The van der Waals surface area contributed by atoms with Crippen molar-refractivity contribution in [2.45, 2.75) is 0 Å². The van der Waals surface area contributed by atoms with Crippen LogP contribution < -0.4 is 0 Å². The maximum atomic E-state index is 5.90. The van der Waals surface area contributed by atoms with Crippen LogP contribution in [-0.4, -0.2) is 4.98 Å². The largest absolute Gasteiger partial charge is 0.232 e. The van der Waals surface area contributed by atoms with Crippen LogP contribution in [-0.2, 0) is 0 Å². The quantitative estimate of drug-likeness (QED) is 0.679. The van der Waals surface area contributed by atoms with Crippen LogP contribution in [0, 0.1) is 5.51 Å². The molecule has 0 saturated heterocycles. The lowest BCUT2D eigenvalue weighted by Gasteiger charge is -1.94. The third-order valence-electron chi connectivity index (χ3n) is 1.53. The van der Waals surface area contributed by atoms with Crippen molar-refractivity contribution in [3.8, 4) is 11.3 Å². The Morgan fingerprint density at radius 1 is 1.25 bits per heavy atom.